The fourth-order valence-corrected chi connectivity index (χ4v) is 1.59. The summed E-state index contributed by atoms with van der Waals surface area (Å²) in [5, 5.41) is 8.99. The quantitative estimate of drug-likeness (QED) is 0.701. The van der Waals surface area contributed by atoms with E-state index in [9.17, 15) is 0 Å². The lowest BCUT2D eigenvalue weighted by molar-refractivity contribution is -0.149. The lowest BCUT2D eigenvalue weighted by Crippen LogP contribution is -2.25. The third-order valence-corrected chi connectivity index (χ3v) is 2.04. The topological polar surface area (TPSA) is 38.7 Å². The van der Waals surface area contributed by atoms with Crippen LogP contribution in [-0.2, 0) is 9.47 Å². The second-order valence-electron chi connectivity index (χ2n) is 3.68. The molecule has 0 saturated carbocycles. The van der Waals surface area contributed by atoms with Crippen LogP contribution in [0.5, 0.6) is 0 Å². The Morgan fingerprint density at radius 3 is 2.33 bits per heavy atom. The predicted molar refractivity (Wildman–Crippen MR) is 45.8 cm³/mol. The van der Waals surface area contributed by atoms with Gasteiger partial charge in [0.15, 0.2) is 5.79 Å². The smallest absolute Gasteiger partial charge is 0.163 e. The molecule has 12 heavy (non-hydrogen) atoms. The second kappa shape index (κ2) is 3.73. The van der Waals surface area contributed by atoms with Crippen LogP contribution in [0.4, 0.5) is 0 Å². The van der Waals surface area contributed by atoms with E-state index in [4.69, 9.17) is 14.6 Å². The normalized spacial score (nSPS) is 34.0. The maximum absolute atomic E-state index is 8.99. The van der Waals surface area contributed by atoms with Crippen LogP contribution >= 0.6 is 0 Å². The predicted octanol–water partition coefficient (Wildman–Crippen LogP) is 1.30. The molecule has 2 atom stereocenters. The van der Waals surface area contributed by atoms with Crippen molar-refractivity contribution < 1.29 is 14.6 Å². The van der Waals surface area contributed by atoms with E-state index in [0.29, 0.717) is 0 Å². The number of hydrogen-bond donors (Lipinski definition) is 1. The van der Waals surface area contributed by atoms with Crippen LogP contribution in [0.15, 0.2) is 0 Å². The Hall–Kier alpha value is -0.120. The van der Waals surface area contributed by atoms with Crippen molar-refractivity contribution in [1.82, 2.24) is 0 Å². The van der Waals surface area contributed by atoms with Gasteiger partial charge >= 0.3 is 0 Å². The Kier molecular flexibility index (Phi) is 3.09. The molecule has 3 heteroatoms. The highest BCUT2D eigenvalue weighted by Crippen LogP contribution is 2.29. The van der Waals surface area contributed by atoms with Gasteiger partial charge in [0.2, 0.25) is 0 Å². The molecule has 0 aromatic heterocycles. The summed E-state index contributed by atoms with van der Waals surface area (Å²) in [5.74, 6) is -0.521. The third kappa shape index (κ3) is 2.19. The standard InChI is InChI=1S/C9H18O3/c1-4-5-7-8(6-10)12-9(2,3)11-7/h7-8,10H,4-6H2,1-3H3/t7?,8-/m1/s1. The fourth-order valence-electron chi connectivity index (χ4n) is 1.59. The summed E-state index contributed by atoms with van der Waals surface area (Å²) in [7, 11) is 0. The first kappa shape index (κ1) is 9.96. The molecule has 1 N–H and O–H groups in total. The van der Waals surface area contributed by atoms with E-state index in [1.54, 1.807) is 0 Å². The molecule has 1 fully saturated rings. The van der Waals surface area contributed by atoms with Gasteiger partial charge in [-0.25, -0.2) is 0 Å². The van der Waals surface area contributed by atoms with E-state index in [-0.39, 0.29) is 18.8 Å². The molecule has 0 aliphatic carbocycles. The molecule has 0 spiro atoms. The first-order chi connectivity index (χ1) is 5.59. The molecular formula is C9H18O3. The van der Waals surface area contributed by atoms with Crippen molar-refractivity contribution in [3.63, 3.8) is 0 Å². The zero-order valence-corrected chi connectivity index (χ0v) is 8.04. The van der Waals surface area contributed by atoms with Crippen molar-refractivity contribution in [3.05, 3.63) is 0 Å². The molecule has 0 radical (unpaired) electrons. The zero-order valence-electron chi connectivity index (χ0n) is 8.04. The number of rotatable bonds is 3. The van der Waals surface area contributed by atoms with Gasteiger partial charge in [0.25, 0.3) is 0 Å². The van der Waals surface area contributed by atoms with E-state index in [2.05, 4.69) is 6.92 Å². The Balaban J connectivity index is 2.50. The highest BCUT2D eigenvalue weighted by Gasteiger charge is 2.39. The highest BCUT2D eigenvalue weighted by molar-refractivity contribution is 4.80. The van der Waals surface area contributed by atoms with Crippen molar-refractivity contribution in [1.29, 1.82) is 0 Å². The Labute approximate surface area is 73.7 Å². The van der Waals surface area contributed by atoms with E-state index in [1.165, 1.54) is 0 Å². The lowest BCUT2D eigenvalue weighted by atomic mass is 10.1. The van der Waals surface area contributed by atoms with Gasteiger partial charge in [0.1, 0.15) is 6.10 Å². The number of ether oxygens (including phenoxy) is 2. The molecule has 0 aromatic carbocycles. The van der Waals surface area contributed by atoms with Crippen LogP contribution in [0.1, 0.15) is 33.6 Å². The molecule has 1 aliphatic heterocycles. The van der Waals surface area contributed by atoms with Crippen LogP contribution < -0.4 is 0 Å². The molecule has 1 aliphatic rings. The molecule has 0 amide bonds. The average molecular weight is 174 g/mol. The maximum Gasteiger partial charge on any atom is 0.163 e. The van der Waals surface area contributed by atoms with Gasteiger partial charge in [-0.2, -0.15) is 0 Å². The van der Waals surface area contributed by atoms with Gasteiger partial charge in [-0.05, 0) is 20.3 Å². The van der Waals surface area contributed by atoms with E-state index >= 15 is 0 Å². The first-order valence-electron chi connectivity index (χ1n) is 4.55. The molecule has 72 valence electrons. The number of hydrogen-bond acceptors (Lipinski definition) is 3. The monoisotopic (exact) mass is 174 g/mol. The van der Waals surface area contributed by atoms with Gasteiger partial charge in [0, 0.05) is 0 Å². The average Bonchev–Trinajstić information content (AvgIpc) is 2.26. The van der Waals surface area contributed by atoms with E-state index < -0.39 is 5.79 Å². The third-order valence-electron chi connectivity index (χ3n) is 2.04. The Bertz CT molecular complexity index is 145. The van der Waals surface area contributed by atoms with Gasteiger partial charge in [-0.1, -0.05) is 13.3 Å². The van der Waals surface area contributed by atoms with Crippen LogP contribution in [0.25, 0.3) is 0 Å². The first-order valence-corrected chi connectivity index (χ1v) is 4.55. The second-order valence-corrected chi connectivity index (χ2v) is 3.68. The summed E-state index contributed by atoms with van der Waals surface area (Å²) in [6.07, 6.45) is 1.94. The Morgan fingerprint density at radius 2 is 1.83 bits per heavy atom. The van der Waals surface area contributed by atoms with Gasteiger partial charge in [-0.15, -0.1) is 0 Å². The molecule has 1 rings (SSSR count). The number of aliphatic hydroxyl groups is 1. The summed E-state index contributed by atoms with van der Waals surface area (Å²) < 4.78 is 11.1. The van der Waals surface area contributed by atoms with Crippen molar-refractivity contribution in [2.24, 2.45) is 0 Å². The largest absolute Gasteiger partial charge is 0.394 e. The van der Waals surface area contributed by atoms with Crippen molar-refractivity contribution in [2.45, 2.75) is 51.6 Å². The van der Waals surface area contributed by atoms with Crippen molar-refractivity contribution in [2.75, 3.05) is 6.61 Å². The lowest BCUT2D eigenvalue weighted by Gasteiger charge is -2.16. The summed E-state index contributed by atoms with van der Waals surface area (Å²) >= 11 is 0. The number of aliphatic hydroxyl groups excluding tert-OH is 1. The van der Waals surface area contributed by atoms with Gasteiger partial charge in [0.05, 0.1) is 12.7 Å². The highest BCUT2D eigenvalue weighted by atomic mass is 16.8. The van der Waals surface area contributed by atoms with Crippen LogP contribution in [0, 0.1) is 0 Å². The minimum atomic E-state index is -0.521. The van der Waals surface area contributed by atoms with Crippen LogP contribution in [0.2, 0.25) is 0 Å². The van der Waals surface area contributed by atoms with Crippen molar-refractivity contribution in [3.8, 4) is 0 Å². The molecular weight excluding hydrogens is 156 g/mol. The summed E-state index contributed by atoms with van der Waals surface area (Å²) in [4.78, 5) is 0. The van der Waals surface area contributed by atoms with Gasteiger partial charge in [-0.3, -0.25) is 0 Å². The van der Waals surface area contributed by atoms with Gasteiger partial charge < -0.3 is 14.6 Å². The van der Waals surface area contributed by atoms with Crippen LogP contribution in [0.3, 0.4) is 0 Å². The minimum Gasteiger partial charge on any atom is -0.394 e. The minimum absolute atomic E-state index is 0.0497. The zero-order chi connectivity index (χ0) is 9.19. The Morgan fingerprint density at radius 1 is 1.25 bits per heavy atom. The molecule has 1 saturated heterocycles. The molecule has 0 bridgehead atoms. The maximum atomic E-state index is 8.99. The molecule has 1 heterocycles. The van der Waals surface area contributed by atoms with Crippen LogP contribution in [-0.4, -0.2) is 29.7 Å². The van der Waals surface area contributed by atoms with Crippen molar-refractivity contribution >= 4 is 0 Å². The fraction of sp³-hybridized carbons (Fsp3) is 1.00. The molecule has 3 nitrogen and oxygen atoms in total. The van der Waals surface area contributed by atoms with E-state index in [1.807, 2.05) is 13.8 Å². The molecule has 1 unspecified atom stereocenters. The van der Waals surface area contributed by atoms with E-state index in [0.717, 1.165) is 12.8 Å². The molecule has 0 aromatic rings. The SMILES string of the molecule is CCCC1OC(C)(C)O[C@@H]1CO. The summed E-state index contributed by atoms with van der Waals surface area (Å²) in [6, 6.07) is 0. The summed E-state index contributed by atoms with van der Waals surface area (Å²) in [6.45, 7) is 5.91. The summed E-state index contributed by atoms with van der Waals surface area (Å²) in [5.41, 5.74) is 0.